The van der Waals surface area contributed by atoms with E-state index < -0.39 is 0 Å². The SMILES string of the molecule is O=C(CCC(=O)N1CCN(c2cccc(Cl)c2)C(=O)C1)NC1CCCC1. The zero-order chi connectivity index (χ0) is 18.5. The normalized spacial score (nSPS) is 18.3. The van der Waals surface area contributed by atoms with Crippen LogP contribution in [0.15, 0.2) is 24.3 Å². The van der Waals surface area contributed by atoms with E-state index in [1.54, 1.807) is 23.1 Å². The molecule has 1 aliphatic carbocycles. The Morgan fingerprint density at radius 1 is 1.15 bits per heavy atom. The summed E-state index contributed by atoms with van der Waals surface area (Å²) < 4.78 is 0. The summed E-state index contributed by atoms with van der Waals surface area (Å²) in [6.45, 7) is 0.927. The minimum atomic E-state index is -0.148. The van der Waals surface area contributed by atoms with E-state index >= 15 is 0 Å². The predicted octanol–water partition coefficient (Wildman–Crippen LogP) is 2.35. The van der Waals surface area contributed by atoms with Crippen LogP contribution in [0.4, 0.5) is 5.69 Å². The van der Waals surface area contributed by atoms with Gasteiger partial charge in [-0.2, -0.15) is 0 Å². The van der Waals surface area contributed by atoms with Crippen LogP contribution in [0.25, 0.3) is 0 Å². The van der Waals surface area contributed by atoms with Crippen molar-refractivity contribution >= 4 is 35.0 Å². The van der Waals surface area contributed by atoms with E-state index in [2.05, 4.69) is 5.32 Å². The molecule has 1 aromatic carbocycles. The summed E-state index contributed by atoms with van der Waals surface area (Å²) in [5, 5.41) is 3.55. The number of hydrogen-bond acceptors (Lipinski definition) is 3. The Bertz CT molecular complexity index is 688. The highest BCUT2D eigenvalue weighted by atomic mass is 35.5. The number of benzene rings is 1. The van der Waals surface area contributed by atoms with Crippen LogP contribution in [0.5, 0.6) is 0 Å². The van der Waals surface area contributed by atoms with Gasteiger partial charge < -0.3 is 15.1 Å². The van der Waals surface area contributed by atoms with Crippen LogP contribution in [0, 0.1) is 0 Å². The molecule has 1 aliphatic heterocycles. The summed E-state index contributed by atoms with van der Waals surface area (Å²) >= 11 is 5.98. The third kappa shape index (κ3) is 4.75. The average molecular weight is 378 g/mol. The minimum absolute atomic E-state index is 0.0373. The van der Waals surface area contributed by atoms with Crippen molar-refractivity contribution in [1.82, 2.24) is 10.2 Å². The van der Waals surface area contributed by atoms with E-state index in [0.717, 1.165) is 31.4 Å². The molecule has 2 aliphatic rings. The Hall–Kier alpha value is -2.08. The lowest BCUT2D eigenvalue weighted by Crippen LogP contribution is -2.52. The third-order valence-corrected chi connectivity index (χ3v) is 5.21. The number of nitrogens with one attached hydrogen (secondary N) is 1. The molecule has 0 aromatic heterocycles. The van der Waals surface area contributed by atoms with Crippen LogP contribution in [0.1, 0.15) is 38.5 Å². The van der Waals surface area contributed by atoms with Crippen molar-refractivity contribution < 1.29 is 14.4 Å². The van der Waals surface area contributed by atoms with Crippen LogP contribution in [-0.2, 0) is 14.4 Å². The molecule has 1 N–H and O–H groups in total. The maximum absolute atomic E-state index is 12.4. The predicted molar refractivity (Wildman–Crippen MR) is 100 cm³/mol. The van der Waals surface area contributed by atoms with Crippen molar-refractivity contribution in [3.63, 3.8) is 0 Å². The number of halogens is 1. The highest BCUT2D eigenvalue weighted by Gasteiger charge is 2.28. The first-order valence-electron chi connectivity index (χ1n) is 9.16. The summed E-state index contributed by atoms with van der Waals surface area (Å²) in [5.41, 5.74) is 0.741. The van der Waals surface area contributed by atoms with E-state index in [4.69, 9.17) is 11.6 Å². The van der Waals surface area contributed by atoms with Gasteiger partial charge in [-0.25, -0.2) is 0 Å². The molecular formula is C19H24ClN3O3. The lowest BCUT2D eigenvalue weighted by Gasteiger charge is -2.34. The molecule has 0 radical (unpaired) electrons. The van der Waals surface area contributed by atoms with E-state index in [-0.39, 0.29) is 43.1 Å². The smallest absolute Gasteiger partial charge is 0.246 e. The summed E-state index contributed by atoms with van der Waals surface area (Å²) in [6, 6.07) is 7.39. The molecule has 0 spiro atoms. The molecule has 3 rings (SSSR count). The van der Waals surface area contributed by atoms with Crippen molar-refractivity contribution in [2.45, 2.75) is 44.6 Å². The molecule has 3 amide bonds. The minimum Gasteiger partial charge on any atom is -0.353 e. The van der Waals surface area contributed by atoms with Gasteiger partial charge in [-0.3, -0.25) is 14.4 Å². The van der Waals surface area contributed by atoms with Gasteiger partial charge in [-0.1, -0.05) is 30.5 Å². The monoisotopic (exact) mass is 377 g/mol. The zero-order valence-corrected chi connectivity index (χ0v) is 15.5. The second-order valence-corrected chi connectivity index (χ2v) is 7.33. The fourth-order valence-electron chi connectivity index (χ4n) is 3.55. The van der Waals surface area contributed by atoms with Gasteiger partial charge in [-0.05, 0) is 31.0 Å². The Morgan fingerprint density at radius 2 is 1.92 bits per heavy atom. The summed E-state index contributed by atoms with van der Waals surface area (Å²) in [4.78, 5) is 39.9. The highest BCUT2D eigenvalue weighted by Crippen LogP contribution is 2.22. The number of hydrogen-bond donors (Lipinski definition) is 1. The maximum Gasteiger partial charge on any atom is 0.246 e. The number of amides is 3. The first kappa shape index (κ1) is 18.7. The number of anilines is 1. The molecule has 140 valence electrons. The van der Waals surface area contributed by atoms with Gasteiger partial charge in [0.2, 0.25) is 17.7 Å². The Balaban J connectivity index is 1.46. The van der Waals surface area contributed by atoms with Crippen molar-refractivity contribution in [3.05, 3.63) is 29.3 Å². The third-order valence-electron chi connectivity index (χ3n) is 4.98. The van der Waals surface area contributed by atoms with Gasteiger partial charge >= 0.3 is 0 Å². The lowest BCUT2D eigenvalue weighted by molar-refractivity contribution is -0.138. The second kappa shape index (κ2) is 8.54. The molecule has 7 heteroatoms. The van der Waals surface area contributed by atoms with Crippen LogP contribution < -0.4 is 10.2 Å². The number of piperazine rings is 1. The van der Waals surface area contributed by atoms with E-state index in [1.165, 1.54) is 4.90 Å². The van der Waals surface area contributed by atoms with Gasteiger partial charge in [0.15, 0.2) is 0 Å². The molecule has 0 bridgehead atoms. The molecule has 0 atom stereocenters. The van der Waals surface area contributed by atoms with Gasteiger partial charge in [0.1, 0.15) is 6.54 Å². The fraction of sp³-hybridized carbons (Fsp3) is 0.526. The standard InChI is InChI=1S/C19H24ClN3O3/c20-14-4-3-7-16(12-14)23-11-10-22(13-19(23)26)18(25)9-8-17(24)21-15-5-1-2-6-15/h3-4,7,12,15H,1-2,5-6,8-11,13H2,(H,21,24). The van der Waals surface area contributed by atoms with Crippen molar-refractivity contribution in [2.24, 2.45) is 0 Å². The molecule has 26 heavy (non-hydrogen) atoms. The Labute approximate surface area is 158 Å². The summed E-state index contributed by atoms with van der Waals surface area (Å²) in [5.74, 6) is -0.359. The lowest BCUT2D eigenvalue weighted by atomic mass is 10.2. The van der Waals surface area contributed by atoms with Gasteiger partial charge in [-0.15, -0.1) is 0 Å². The quantitative estimate of drug-likeness (QED) is 0.856. The molecule has 0 unspecified atom stereocenters. The van der Waals surface area contributed by atoms with Gasteiger partial charge in [0.25, 0.3) is 0 Å². The van der Waals surface area contributed by atoms with Crippen molar-refractivity contribution in [1.29, 1.82) is 0 Å². The van der Waals surface area contributed by atoms with Crippen molar-refractivity contribution in [3.8, 4) is 0 Å². The molecule has 1 aromatic rings. The summed E-state index contributed by atoms with van der Waals surface area (Å²) in [6.07, 6.45) is 4.69. The van der Waals surface area contributed by atoms with Crippen LogP contribution in [-0.4, -0.2) is 48.3 Å². The molecule has 6 nitrogen and oxygen atoms in total. The summed E-state index contributed by atoms with van der Waals surface area (Å²) in [7, 11) is 0. The zero-order valence-electron chi connectivity index (χ0n) is 14.7. The number of nitrogens with zero attached hydrogens (tertiary/aromatic N) is 2. The molecule has 1 heterocycles. The fourth-order valence-corrected chi connectivity index (χ4v) is 3.74. The Kier molecular flexibility index (Phi) is 6.14. The average Bonchev–Trinajstić information content (AvgIpc) is 3.12. The number of carbonyl (C=O) groups is 3. The van der Waals surface area contributed by atoms with Crippen LogP contribution in [0.2, 0.25) is 5.02 Å². The molecule has 1 saturated carbocycles. The van der Waals surface area contributed by atoms with Crippen LogP contribution >= 0.6 is 11.6 Å². The van der Waals surface area contributed by atoms with Crippen LogP contribution in [0.3, 0.4) is 0 Å². The number of rotatable bonds is 5. The van der Waals surface area contributed by atoms with E-state index in [9.17, 15) is 14.4 Å². The maximum atomic E-state index is 12.4. The molecule has 2 fully saturated rings. The highest BCUT2D eigenvalue weighted by molar-refractivity contribution is 6.30. The molecule has 1 saturated heterocycles. The first-order valence-corrected chi connectivity index (χ1v) is 9.54. The number of carbonyl (C=O) groups excluding carboxylic acids is 3. The van der Waals surface area contributed by atoms with E-state index in [0.29, 0.717) is 18.1 Å². The largest absolute Gasteiger partial charge is 0.353 e. The second-order valence-electron chi connectivity index (χ2n) is 6.89. The topological polar surface area (TPSA) is 69.7 Å². The van der Waals surface area contributed by atoms with Gasteiger partial charge in [0.05, 0.1) is 0 Å². The van der Waals surface area contributed by atoms with E-state index in [1.807, 2.05) is 6.07 Å². The Morgan fingerprint density at radius 3 is 2.62 bits per heavy atom. The first-order chi connectivity index (χ1) is 12.5. The van der Waals surface area contributed by atoms with Gasteiger partial charge in [0, 0.05) is 42.7 Å². The van der Waals surface area contributed by atoms with Crippen molar-refractivity contribution in [2.75, 3.05) is 24.5 Å². The molecular weight excluding hydrogens is 354 g/mol.